The van der Waals surface area contributed by atoms with Crippen molar-refractivity contribution in [2.75, 3.05) is 17.7 Å². The number of carbonyl (C=O) groups excluding carboxylic acids is 1. The zero-order chi connectivity index (χ0) is 19.5. The molecule has 2 aromatic heterocycles. The van der Waals surface area contributed by atoms with Gasteiger partial charge in [-0.1, -0.05) is 17.7 Å². The van der Waals surface area contributed by atoms with Crippen LogP contribution >= 0.6 is 0 Å². The van der Waals surface area contributed by atoms with Crippen LogP contribution in [0.2, 0.25) is 0 Å². The first-order chi connectivity index (χ1) is 13.6. The quantitative estimate of drug-likeness (QED) is 0.557. The number of carbonyl (C=O) groups is 1. The van der Waals surface area contributed by atoms with Crippen LogP contribution in [0.3, 0.4) is 0 Å². The molecule has 0 radical (unpaired) electrons. The largest absolute Gasteiger partial charge is 0.497 e. The summed E-state index contributed by atoms with van der Waals surface area (Å²) in [5, 5.41) is 10.1. The number of hydrogen-bond acceptors (Lipinski definition) is 4. The second kappa shape index (κ2) is 7.40. The van der Waals surface area contributed by atoms with Gasteiger partial charge in [0.15, 0.2) is 11.5 Å². The smallest absolute Gasteiger partial charge is 0.323 e. The number of nitrogens with one attached hydrogen (secondary N) is 2. The molecule has 140 valence electrons. The monoisotopic (exact) mass is 373 g/mol. The molecule has 0 aliphatic heterocycles. The van der Waals surface area contributed by atoms with E-state index in [0.717, 1.165) is 22.6 Å². The van der Waals surface area contributed by atoms with Crippen LogP contribution in [-0.4, -0.2) is 27.7 Å². The molecule has 0 unspecified atom stereocenters. The summed E-state index contributed by atoms with van der Waals surface area (Å²) in [6, 6.07) is 18.4. The lowest BCUT2D eigenvalue weighted by molar-refractivity contribution is 0.262. The summed E-state index contributed by atoms with van der Waals surface area (Å²) in [6.07, 6.45) is 1.73. The van der Waals surface area contributed by atoms with Gasteiger partial charge in [-0.3, -0.25) is 0 Å². The van der Waals surface area contributed by atoms with E-state index in [9.17, 15) is 4.79 Å². The van der Waals surface area contributed by atoms with Crippen molar-refractivity contribution in [1.82, 2.24) is 14.6 Å². The molecule has 2 heterocycles. The summed E-state index contributed by atoms with van der Waals surface area (Å²) in [4.78, 5) is 16.7. The number of aromatic nitrogens is 3. The standard InChI is InChI=1S/C21H19N5O2/c1-14-3-7-16(8-4-14)22-21(27)23-17-9-12-19-24-20(25-26(19)13-17)15-5-10-18(28-2)11-6-15/h3-13H,1-2H3,(H2,22,23,27). The van der Waals surface area contributed by atoms with Crippen LogP contribution in [-0.2, 0) is 0 Å². The first kappa shape index (κ1) is 17.5. The normalized spacial score (nSPS) is 10.6. The summed E-state index contributed by atoms with van der Waals surface area (Å²) in [6.45, 7) is 2.00. The van der Waals surface area contributed by atoms with Crippen molar-refractivity contribution >= 4 is 23.1 Å². The molecule has 0 fully saturated rings. The Balaban J connectivity index is 1.50. The molecule has 2 N–H and O–H groups in total. The topological polar surface area (TPSA) is 80.5 Å². The molecule has 0 spiro atoms. The number of fused-ring (bicyclic) bond motifs is 1. The van der Waals surface area contributed by atoms with Crippen molar-refractivity contribution in [3.05, 3.63) is 72.4 Å². The second-order valence-electron chi connectivity index (χ2n) is 6.33. The summed E-state index contributed by atoms with van der Waals surface area (Å²) in [5.74, 6) is 1.38. The van der Waals surface area contributed by atoms with Gasteiger partial charge in [0, 0.05) is 11.3 Å². The molecular formula is C21H19N5O2. The minimum absolute atomic E-state index is 0.321. The first-order valence-electron chi connectivity index (χ1n) is 8.76. The molecule has 0 atom stereocenters. The molecule has 0 bridgehead atoms. The van der Waals surface area contributed by atoms with Crippen LogP contribution < -0.4 is 15.4 Å². The number of aryl methyl sites for hydroxylation is 1. The van der Waals surface area contributed by atoms with Crippen LogP contribution in [0, 0.1) is 6.92 Å². The fraction of sp³-hybridized carbons (Fsp3) is 0.0952. The van der Waals surface area contributed by atoms with Crippen molar-refractivity contribution in [1.29, 1.82) is 0 Å². The van der Waals surface area contributed by atoms with Gasteiger partial charge in [0.1, 0.15) is 5.75 Å². The number of rotatable bonds is 4. The van der Waals surface area contributed by atoms with Crippen molar-refractivity contribution in [3.8, 4) is 17.1 Å². The Morgan fingerprint density at radius 3 is 2.32 bits per heavy atom. The molecular weight excluding hydrogens is 354 g/mol. The van der Waals surface area contributed by atoms with E-state index in [1.54, 1.807) is 23.9 Å². The van der Waals surface area contributed by atoms with E-state index >= 15 is 0 Å². The van der Waals surface area contributed by atoms with Crippen LogP contribution in [0.25, 0.3) is 17.0 Å². The maximum Gasteiger partial charge on any atom is 0.323 e. The van der Waals surface area contributed by atoms with Crippen LogP contribution in [0.15, 0.2) is 66.9 Å². The third-order valence-corrected chi connectivity index (χ3v) is 4.25. The average Bonchev–Trinajstić information content (AvgIpc) is 3.13. The van der Waals surface area contributed by atoms with Gasteiger partial charge in [-0.15, -0.1) is 5.10 Å². The predicted molar refractivity (Wildman–Crippen MR) is 109 cm³/mol. The molecule has 0 aliphatic carbocycles. The lowest BCUT2D eigenvalue weighted by Crippen LogP contribution is -2.19. The Bertz CT molecular complexity index is 1120. The maximum absolute atomic E-state index is 12.2. The predicted octanol–water partition coefficient (Wildman–Crippen LogP) is 4.36. The van der Waals surface area contributed by atoms with Gasteiger partial charge < -0.3 is 15.4 Å². The fourth-order valence-electron chi connectivity index (χ4n) is 2.75. The highest BCUT2D eigenvalue weighted by Crippen LogP contribution is 2.21. The number of ether oxygens (including phenoxy) is 1. The molecule has 4 rings (SSSR count). The molecule has 7 heteroatoms. The Morgan fingerprint density at radius 1 is 0.929 bits per heavy atom. The molecule has 2 amide bonds. The summed E-state index contributed by atoms with van der Waals surface area (Å²) in [7, 11) is 1.63. The highest BCUT2D eigenvalue weighted by molar-refractivity contribution is 5.99. The van der Waals surface area contributed by atoms with E-state index in [4.69, 9.17) is 4.74 Å². The Morgan fingerprint density at radius 2 is 1.61 bits per heavy atom. The molecule has 0 saturated carbocycles. The van der Waals surface area contributed by atoms with Gasteiger partial charge in [-0.05, 0) is 55.5 Å². The Labute approximate surface area is 162 Å². The third kappa shape index (κ3) is 3.78. The van der Waals surface area contributed by atoms with Crippen LogP contribution in [0.5, 0.6) is 5.75 Å². The number of anilines is 2. The number of methoxy groups -OCH3 is 1. The minimum atomic E-state index is -0.321. The van der Waals surface area contributed by atoms with E-state index in [1.165, 1.54) is 0 Å². The fourth-order valence-corrected chi connectivity index (χ4v) is 2.75. The van der Waals surface area contributed by atoms with E-state index in [0.29, 0.717) is 17.2 Å². The molecule has 0 saturated heterocycles. The molecule has 0 aliphatic rings. The molecule has 4 aromatic rings. The second-order valence-corrected chi connectivity index (χ2v) is 6.33. The van der Waals surface area contributed by atoms with Gasteiger partial charge in [-0.25, -0.2) is 14.3 Å². The Hall–Kier alpha value is -3.87. The molecule has 28 heavy (non-hydrogen) atoms. The van der Waals surface area contributed by atoms with Crippen molar-refractivity contribution in [2.24, 2.45) is 0 Å². The number of nitrogens with zero attached hydrogens (tertiary/aromatic N) is 3. The number of urea groups is 1. The SMILES string of the molecule is COc1ccc(-c2nc3ccc(NC(=O)Nc4ccc(C)cc4)cn3n2)cc1. The zero-order valence-corrected chi connectivity index (χ0v) is 15.5. The summed E-state index contributed by atoms with van der Waals surface area (Å²) >= 11 is 0. The lowest BCUT2D eigenvalue weighted by Gasteiger charge is -2.08. The Kier molecular flexibility index (Phi) is 4.63. The lowest BCUT2D eigenvalue weighted by atomic mass is 10.2. The van der Waals surface area contributed by atoms with E-state index in [1.807, 2.05) is 61.5 Å². The third-order valence-electron chi connectivity index (χ3n) is 4.25. The maximum atomic E-state index is 12.2. The molecule has 7 nitrogen and oxygen atoms in total. The zero-order valence-electron chi connectivity index (χ0n) is 15.5. The van der Waals surface area contributed by atoms with Crippen molar-refractivity contribution in [2.45, 2.75) is 6.92 Å². The average molecular weight is 373 g/mol. The van der Waals surface area contributed by atoms with Gasteiger partial charge in [0.05, 0.1) is 19.0 Å². The van der Waals surface area contributed by atoms with Gasteiger partial charge in [0.2, 0.25) is 0 Å². The highest BCUT2D eigenvalue weighted by Gasteiger charge is 2.09. The van der Waals surface area contributed by atoms with Crippen LogP contribution in [0.1, 0.15) is 5.56 Å². The first-order valence-corrected chi connectivity index (χ1v) is 8.76. The number of benzene rings is 2. The molecule has 2 aromatic carbocycles. The highest BCUT2D eigenvalue weighted by atomic mass is 16.5. The summed E-state index contributed by atoms with van der Waals surface area (Å²) in [5.41, 5.74) is 4.05. The van der Waals surface area contributed by atoms with Gasteiger partial charge in [0.25, 0.3) is 0 Å². The summed E-state index contributed by atoms with van der Waals surface area (Å²) < 4.78 is 6.81. The number of hydrogen-bond donors (Lipinski definition) is 2. The van der Waals surface area contributed by atoms with Gasteiger partial charge in [-0.2, -0.15) is 0 Å². The number of pyridine rings is 1. The van der Waals surface area contributed by atoms with E-state index in [-0.39, 0.29) is 6.03 Å². The van der Waals surface area contributed by atoms with Crippen molar-refractivity contribution < 1.29 is 9.53 Å². The van der Waals surface area contributed by atoms with E-state index in [2.05, 4.69) is 20.7 Å². The van der Waals surface area contributed by atoms with Crippen molar-refractivity contribution in [3.63, 3.8) is 0 Å². The minimum Gasteiger partial charge on any atom is -0.497 e. The van der Waals surface area contributed by atoms with Gasteiger partial charge >= 0.3 is 6.03 Å². The number of amides is 2. The van der Waals surface area contributed by atoms with E-state index < -0.39 is 0 Å². The van der Waals surface area contributed by atoms with Crippen LogP contribution in [0.4, 0.5) is 16.2 Å².